The highest BCUT2D eigenvalue weighted by Crippen LogP contribution is 2.27. The van der Waals surface area contributed by atoms with Crippen LogP contribution in [0.4, 0.5) is 0 Å². The number of aromatic amines is 1. The number of H-pyrrole nitrogens is 1. The van der Waals surface area contributed by atoms with E-state index in [4.69, 9.17) is 0 Å². The van der Waals surface area contributed by atoms with Gasteiger partial charge in [0, 0.05) is 11.3 Å². The summed E-state index contributed by atoms with van der Waals surface area (Å²) in [5.41, 5.74) is 4.05. The molecule has 4 aromatic rings. The normalized spacial score (nSPS) is 11.3. The molecule has 0 spiro atoms. The lowest BCUT2D eigenvalue weighted by Crippen LogP contribution is -1.91. The minimum atomic E-state index is 0.656. The zero-order valence-electron chi connectivity index (χ0n) is 11.5. The first-order valence-electron chi connectivity index (χ1n) is 6.52. The van der Waals surface area contributed by atoms with Gasteiger partial charge in [-0.2, -0.15) is 14.7 Å². The maximum Gasteiger partial charge on any atom is 0.235 e. The van der Waals surface area contributed by atoms with Gasteiger partial charge in [-0.1, -0.05) is 41.2 Å². The van der Waals surface area contributed by atoms with Crippen molar-refractivity contribution in [2.24, 2.45) is 0 Å². The maximum atomic E-state index is 4.61. The standard InChI is InChI=1S/C14H12N6S/c1-8-3-5-10(6-4-8)13-19-20-12(17-18-14(20)21-13)11-7-9(2)15-16-11/h3-7H,1-2H3,(H,15,16). The smallest absolute Gasteiger partial charge is 0.235 e. The lowest BCUT2D eigenvalue weighted by atomic mass is 10.2. The number of hydrogen-bond acceptors (Lipinski definition) is 5. The fraction of sp³-hybridized carbons (Fsp3) is 0.143. The topological polar surface area (TPSA) is 71.8 Å². The lowest BCUT2D eigenvalue weighted by molar-refractivity contribution is 0.952. The van der Waals surface area contributed by atoms with Gasteiger partial charge in [-0.25, -0.2) is 0 Å². The van der Waals surface area contributed by atoms with E-state index < -0.39 is 0 Å². The summed E-state index contributed by atoms with van der Waals surface area (Å²) in [6.07, 6.45) is 0. The molecule has 3 heterocycles. The first-order chi connectivity index (χ1) is 10.2. The Hall–Kier alpha value is -2.54. The Kier molecular flexibility index (Phi) is 2.61. The van der Waals surface area contributed by atoms with E-state index in [1.54, 1.807) is 4.52 Å². The molecule has 0 aliphatic heterocycles. The van der Waals surface area contributed by atoms with Crippen molar-refractivity contribution in [3.63, 3.8) is 0 Å². The van der Waals surface area contributed by atoms with E-state index in [9.17, 15) is 0 Å². The molecule has 0 saturated carbocycles. The number of nitrogens with one attached hydrogen (secondary N) is 1. The molecule has 0 atom stereocenters. The van der Waals surface area contributed by atoms with Crippen molar-refractivity contribution in [2.75, 3.05) is 0 Å². The van der Waals surface area contributed by atoms with Crippen molar-refractivity contribution >= 4 is 16.3 Å². The molecule has 1 aromatic carbocycles. The third kappa shape index (κ3) is 2.02. The average Bonchev–Trinajstić information content (AvgIpc) is 3.14. The third-order valence-corrected chi connectivity index (χ3v) is 4.17. The Balaban J connectivity index is 1.84. The van der Waals surface area contributed by atoms with E-state index in [2.05, 4.69) is 56.7 Å². The SMILES string of the molecule is Cc1ccc(-c2nn3c(-c4cc(C)[nH]n4)nnc3s2)cc1. The van der Waals surface area contributed by atoms with Crippen LogP contribution in [-0.4, -0.2) is 30.0 Å². The Morgan fingerprint density at radius 2 is 1.90 bits per heavy atom. The van der Waals surface area contributed by atoms with Gasteiger partial charge >= 0.3 is 0 Å². The minimum Gasteiger partial charge on any atom is -0.282 e. The van der Waals surface area contributed by atoms with Crippen LogP contribution in [0.2, 0.25) is 0 Å². The average molecular weight is 296 g/mol. The molecule has 104 valence electrons. The highest BCUT2D eigenvalue weighted by molar-refractivity contribution is 7.19. The highest BCUT2D eigenvalue weighted by atomic mass is 32.1. The fourth-order valence-corrected chi connectivity index (χ4v) is 2.97. The van der Waals surface area contributed by atoms with Crippen molar-refractivity contribution in [1.29, 1.82) is 0 Å². The van der Waals surface area contributed by atoms with E-state index in [1.165, 1.54) is 16.9 Å². The number of rotatable bonds is 2. The van der Waals surface area contributed by atoms with Crippen molar-refractivity contribution in [3.05, 3.63) is 41.6 Å². The van der Waals surface area contributed by atoms with Gasteiger partial charge in [0.2, 0.25) is 10.8 Å². The van der Waals surface area contributed by atoms with Crippen LogP contribution >= 0.6 is 11.3 Å². The van der Waals surface area contributed by atoms with Crippen molar-refractivity contribution in [3.8, 4) is 22.1 Å². The first kappa shape index (κ1) is 12.2. The molecular weight excluding hydrogens is 284 g/mol. The van der Waals surface area contributed by atoms with Crippen LogP contribution < -0.4 is 0 Å². The molecule has 4 rings (SSSR count). The summed E-state index contributed by atoms with van der Waals surface area (Å²) >= 11 is 1.52. The number of benzene rings is 1. The molecule has 0 aliphatic carbocycles. The molecule has 1 N–H and O–H groups in total. The van der Waals surface area contributed by atoms with Gasteiger partial charge < -0.3 is 0 Å². The van der Waals surface area contributed by atoms with Crippen molar-refractivity contribution in [2.45, 2.75) is 13.8 Å². The van der Waals surface area contributed by atoms with Gasteiger partial charge in [-0.05, 0) is 19.9 Å². The molecule has 0 fully saturated rings. The van der Waals surface area contributed by atoms with E-state index in [1.807, 2.05) is 13.0 Å². The van der Waals surface area contributed by atoms with Gasteiger partial charge in [0.25, 0.3) is 0 Å². The quantitative estimate of drug-likeness (QED) is 0.617. The molecule has 0 amide bonds. The summed E-state index contributed by atoms with van der Waals surface area (Å²) in [7, 11) is 0. The van der Waals surface area contributed by atoms with Crippen LogP contribution in [0.1, 0.15) is 11.3 Å². The first-order valence-corrected chi connectivity index (χ1v) is 7.34. The predicted octanol–water partition coefficient (Wildman–Crippen LogP) is 2.86. The summed E-state index contributed by atoms with van der Waals surface area (Å²) in [4.78, 5) is 0.765. The largest absolute Gasteiger partial charge is 0.282 e. The van der Waals surface area contributed by atoms with E-state index in [0.29, 0.717) is 5.82 Å². The Morgan fingerprint density at radius 1 is 1.10 bits per heavy atom. The molecule has 0 saturated heterocycles. The zero-order chi connectivity index (χ0) is 14.4. The number of fused-ring (bicyclic) bond motifs is 1. The third-order valence-electron chi connectivity index (χ3n) is 3.22. The predicted molar refractivity (Wildman–Crippen MR) is 81.2 cm³/mol. The molecule has 0 unspecified atom stereocenters. The Labute approximate surface area is 124 Å². The molecule has 0 radical (unpaired) electrons. The number of hydrogen-bond donors (Lipinski definition) is 1. The monoisotopic (exact) mass is 296 g/mol. The van der Waals surface area contributed by atoms with Crippen molar-refractivity contribution in [1.82, 2.24) is 30.0 Å². The van der Waals surface area contributed by atoms with Crippen LogP contribution in [0.25, 0.3) is 27.1 Å². The zero-order valence-corrected chi connectivity index (χ0v) is 12.3. The summed E-state index contributed by atoms with van der Waals surface area (Å²) in [5.74, 6) is 0.656. The molecule has 21 heavy (non-hydrogen) atoms. The van der Waals surface area contributed by atoms with Crippen molar-refractivity contribution < 1.29 is 0 Å². The summed E-state index contributed by atoms with van der Waals surface area (Å²) in [6.45, 7) is 4.02. The van der Waals surface area contributed by atoms with Gasteiger partial charge in [-0.15, -0.1) is 10.2 Å². The molecule has 0 bridgehead atoms. The highest BCUT2D eigenvalue weighted by Gasteiger charge is 2.16. The molecular formula is C14H12N6S. The van der Waals surface area contributed by atoms with Gasteiger partial charge in [-0.3, -0.25) is 5.10 Å². The minimum absolute atomic E-state index is 0.656. The molecule has 3 aromatic heterocycles. The van der Waals surface area contributed by atoms with E-state index in [0.717, 1.165) is 26.9 Å². The fourth-order valence-electron chi connectivity index (χ4n) is 2.12. The number of aryl methyl sites for hydroxylation is 2. The number of aromatic nitrogens is 6. The Morgan fingerprint density at radius 3 is 2.62 bits per heavy atom. The number of nitrogens with zero attached hydrogens (tertiary/aromatic N) is 5. The van der Waals surface area contributed by atoms with Crippen LogP contribution in [0, 0.1) is 13.8 Å². The summed E-state index contributed by atoms with van der Waals surface area (Å²) in [6, 6.07) is 10.2. The van der Waals surface area contributed by atoms with E-state index in [-0.39, 0.29) is 0 Å². The van der Waals surface area contributed by atoms with Crippen LogP contribution in [0.3, 0.4) is 0 Å². The van der Waals surface area contributed by atoms with Crippen LogP contribution in [-0.2, 0) is 0 Å². The summed E-state index contributed by atoms with van der Waals surface area (Å²) in [5, 5.41) is 21.0. The van der Waals surface area contributed by atoms with Gasteiger partial charge in [0.15, 0.2) is 0 Å². The van der Waals surface area contributed by atoms with Crippen LogP contribution in [0.15, 0.2) is 30.3 Å². The summed E-state index contributed by atoms with van der Waals surface area (Å²) < 4.78 is 1.75. The molecule has 6 nitrogen and oxygen atoms in total. The lowest BCUT2D eigenvalue weighted by Gasteiger charge is -1.96. The maximum absolute atomic E-state index is 4.61. The van der Waals surface area contributed by atoms with Gasteiger partial charge in [0.1, 0.15) is 10.7 Å². The van der Waals surface area contributed by atoms with Crippen LogP contribution in [0.5, 0.6) is 0 Å². The Bertz CT molecular complexity index is 915. The molecule has 7 heteroatoms. The molecule has 0 aliphatic rings. The second-order valence-corrected chi connectivity index (χ2v) is 5.88. The second-order valence-electron chi connectivity index (χ2n) is 4.93. The van der Waals surface area contributed by atoms with Gasteiger partial charge in [0.05, 0.1) is 0 Å². The van der Waals surface area contributed by atoms with E-state index >= 15 is 0 Å². The second kappa shape index (κ2) is 4.49.